The van der Waals surface area contributed by atoms with Gasteiger partial charge in [0, 0.05) is 19.7 Å². The van der Waals surface area contributed by atoms with Crippen molar-refractivity contribution < 1.29 is 9.18 Å². The molecule has 4 nitrogen and oxygen atoms in total. The zero-order valence-corrected chi connectivity index (χ0v) is 10.6. The summed E-state index contributed by atoms with van der Waals surface area (Å²) in [6, 6.07) is 4.25. The molecule has 1 aromatic heterocycles. The Balaban J connectivity index is 2.49. The highest BCUT2D eigenvalue weighted by Gasteiger charge is 2.17. The predicted molar refractivity (Wildman–Crippen MR) is 67.0 cm³/mol. The molecule has 1 heterocycles. The zero-order chi connectivity index (χ0) is 13.3. The summed E-state index contributed by atoms with van der Waals surface area (Å²) in [5.74, 6) is -0.681. The van der Waals surface area contributed by atoms with Gasteiger partial charge in [0.05, 0.1) is 22.5 Å². The molecule has 0 unspecified atom stereocenters. The number of amides is 1. The van der Waals surface area contributed by atoms with E-state index in [1.807, 2.05) is 0 Å². The SMILES string of the molecule is CN(C)C(=O)c1cn[nH]c1-c1ccc(F)c(Cl)c1. The molecule has 0 bridgehead atoms. The number of H-pyrrole nitrogens is 1. The van der Waals surface area contributed by atoms with Crippen LogP contribution in [0.1, 0.15) is 10.4 Å². The van der Waals surface area contributed by atoms with E-state index in [1.165, 1.54) is 23.2 Å². The second-order valence-electron chi connectivity index (χ2n) is 3.99. The number of aromatic amines is 1. The first kappa shape index (κ1) is 12.6. The Kier molecular flexibility index (Phi) is 3.34. The summed E-state index contributed by atoms with van der Waals surface area (Å²) in [5, 5.41) is 6.58. The lowest BCUT2D eigenvalue weighted by Gasteiger charge is -2.10. The standard InChI is InChI=1S/C12H11ClFN3O/c1-17(2)12(18)8-6-15-16-11(8)7-3-4-10(14)9(13)5-7/h3-6H,1-2H3,(H,15,16). The Morgan fingerprint density at radius 2 is 2.17 bits per heavy atom. The van der Waals surface area contributed by atoms with Crippen molar-refractivity contribution in [1.29, 1.82) is 0 Å². The number of hydrogen-bond donors (Lipinski definition) is 1. The van der Waals surface area contributed by atoms with E-state index in [1.54, 1.807) is 20.2 Å². The quantitative estimate of drug-likeness (QED) is 0.909. The van der Waals surface area contributed by atoms with Crippen LogP contribution in [0.2, 0.25) is 5.02 Å². The number of nitrogens with zero attached hydrogens (tertiary/aromatic N) is 2. The lowest BCUT2D eigenvalue weighted by molar-refractivity contribution is 0.0828. The van der Waals surface area contributed by atoms with Crippen molar-refractivity contribution in [3.8, 4) is 11.3 Å². The van der Waals surface area contributed by atoms with Crippen LogP contribution in [0.5, 0.6) is 0 Å². The van der Waals surface area contributed by atoms with Crippen LogP contribution in [-0.2, 0) is 0 Å². The fourth-order valence-electron chi connectivity index (χ4n) is 1.56. The second kappa shape index (κ2) is 4.78. The lowest BCUT2D eigenvalue weighted by Crippen LogP contribution is -2.21. The largest absolute Gasteiger partial charge is 0.345 e. The van der Waals surface area contributed by atoms with Crippen molar-refractivity contribution >= 4 is 17.5 Å². The molecule has 1 amide bonds. The average Bonchev–Trinajstić information content (AvgIpc) is 2.80. The first-order valence-electron chi connectivity index (χ1n) is 5.21. The van der Waals surface area contributed by atoms with Crippen LogP contribution < -0.4 is 0 Å². The van der Waals surface area contributed by atoms with Crippen LogP contribution in [0.15, 0.2) is 24.4 Å². The summed E-state index contributed by atoms with van der Waals surface area (Å²) >= 11 is 5.72. The molecule has 0 radical (unpaired) electrons. The monoisotopic (exact) mass is 267 g/mol. The maximum atomic E-state index is 13.1. The molecular formula is C12H11ClFN3O. The van der Waals surface area contributed by atoms with Crippen molar-refractivity contribution in [3.63, 3.8) is 0 Å². The number of hydrogen-bond acceptors (Lipinski definition) is 2. The molecule has 0 saturated heterocycles. The fraction of sp³-hybridized carbons (Fsp3) is 0.167. The van der Waals surface area contributed by atoms with Gasteiger partial charge in [0.2, 0.25) is 0 Å². The van der Waals surface area contributed by atoms with E-state index in [9.17, 15) is 9.18 Å². The van der Waals surface area contributed by atoms with Crippen LogP contribution in [0.3, 0.4) is 0 Å². The molecule has 0 saturated carbocycles. The van der Waals surface area contributed by atoms with Gasteiger partial charge in [-0.25, -0.2) is 4.39 Å². The average molecular weight is 268 g/mol. The number of nitrogens with one attached hydrogen (secondary N) is 1. The minimum absolute atomic E-state index is 0.00496. The third-order valence-corrected chi connectivity index (χ3v) is 2.77. The molecule has 1 N–H and O–H groups in total. The molecule has 0 fully saturated rings. The van der Waals surface area contributed by atoms with E-state index in [4.69, 9.17) is 11.6 Å². The normalized spacial score (nSPS) is 10.4. The molecule has 94 valence electrons. The van der Waals surface area contributed by atoms with E-state index in [0.29, 0.717) is 16.8 Å². The van der Waals surface area contributed by atoms with Crippen LogP contribution in [-0.4, -0.2) is 35.1 Å². The minimum Gasteiger partial charge on any atom is -0.345 e. The van der Waals surface area contributed by atoms with Crippen LogP contribution in [0.25, 0.3) is 11.3 Å². The van der Waals surface area contributed by atoms with Gasteiger partial charge in [-0.3, -0.25) is 9.89 Å². The highest BCUT2D eigenvalue weighted by Crippen LogP contribution is 2.26. The second-order valence-corrected chi connectivity index (χ2v) is 4.39. The maximum absolute atomic E-state index is 13.1. The van der Waals surface area contributed by atoms with E-state index in [0.717, 1.165) is 0 Å². The highest BCUT2D eigenvalue weighted by atomic mass is 35.5. The van der Waals surface area contributed by atoms with Crippen LogP contribution in [0, 0.1) is 5.82 Å². The van der Waals surface area contributed by atoms with Crippen molar-refractivity contribution in [1.82, 2.24) is 15.1 Å². The van der Waals surface area contributed by atoms with Gasteiger partial charge in [0.1, 0.15) is 5.82 Å². The molecule has 18 heavy (non-hydrogen) atoms. The van der Waals surface area contributed by atoms with Gasteiger partial charge in [-0.1, -0.05) is 11.6 Å². The smallest absolute Gasteiger partial charge is 0.257 e. The molecule has 1 aromatic carbocycles. The van der Waals surface area contributed by atoms with Gasteiger partial charge in [0.25, 0.3) is 5.91 Å². The number of benzene rings is 1. The van der Waals surface area contributed by atoms with E-state index in [2.05, 4.69) is 10.2 Å². The Morgan fingerprint density at radius 1 is 1.44 bits per heavy atom. The Morgan fingerprint density at radius 3 is 2.78 bits per heavy atom. The molecule has 0 atom stereocenters. The zero-order valence-electron chi connectivity index (χ0n) is 9.87. The number of aromatic nitrogens is 2. The lowest BCUT2D eigenvalue weighted by atomic mass is 10.1. The van der Waals surface area contributed by atoms with Gasteiger partial charge in [-0.15, -0.1) is 0 Å². The number of rotatable bonds is 2. The van der Waals surface area contributed by atoms with E-state index in [-0.39, 0.29) is 10.9 Å². The van der Waals surface area contributed by atoms with Gasteiger partial charge in [-0.05, 0) is 18.2 Å². The summed E-state index contributed by atoms with van der Waals surface area (Å²) in [6.07, 6.45) is 1.44. The summed E-state index contributed by atoms with van der Waals surface area (Å²) in [6.45, 7) is 0. The van der Waals surface area contributed by atoms with Crippen molar-refractivity contribution in [2.45, 2.75) is 0 Å². The molecule has 2 rings (SSSR count). The summed E-state index contributed by atoms with van der Waals surface area (Å²) in [4.78, 5) is 13.4. The summed E-state index contributed by atoms with van der Waals surface area (Å²) in [5.41, 5.74) is 1.56. The predicted octanol–water partition coefficient (Wildman–Crippen LogP) is 2.57. The third kappa shape index (κ3) is 2.22. The molecule has 6 heteroatoms. The van der Waals surface area contributed by atoms with Crippen molar-refractivity contribution in [3.05, 3.63) is 40.8 Å². The fourth-order valence-corrected chi connectivity index (χ4v) is 1.74. The van der Waals surface area contributed by atoms with E-state index < -0.39 is 5.82 Å². The maximum Gasteiger partial charge on any atom is 0.257 e. The first-order valence-corrected chi connectivity index (χ1v) is 5.59. The molecule has 0 spiro atoms. The summed E-state index contributed by atoms with van der Waals surface area (Å²) in [7, 11) is 3.30. The molecule has 0 aliphatic heterocycles. The van der Waals surface area contributed by atoms with Gasteiger partial charge >= 0.3 is 0 Å². The van der Waals surface area contributed by atoms with Crippen LogP contribution >= 0.6 is 11.6 Å². The van der Waals surface area contributed by atoms with Crippen LogP contribution in [0.4, 0.5) is 4.39 Å². The molecular weight excluding hydrogens is 257 g/mol. The Hall–Kier alpha value is -1.88. The number of carbonyl (C=O) groups is 1. The van der Waals surface area contributed by atoms with E-state index >= 15 is 0 Å². The number of halogens is 2. The van der Waals surface area contributed by atoms with Gasteiger partial charge in [-0.2, -0.15) is 5.10 Å². The molecule has 0 aliphatic rings. The van der Waals surface area contributed by atoms with Crippen molar-refractivity contribution in [2.75, 3.05) is 14.1 Å². The topological polar surface area (TPSA) is 49.0 Å². The Bertz CT molecular complexity index is 595. The van der Waals surface area contributed by atoms with Gasteiger partial charge < -0.3 is 4.90 Å². The van der Waals surface area contributed by atoms with Crippen molar-refractivity contribution in [2.24, 2.45) is 0 Å². The molecule has 2 aromatic rings. The van der Waals surface area contributed by atoms with Gasteiger partial charge in [0.15, 0.2) is 0 Å². The third-order valence-electron chi connectivity index (χ3n) is 2.48. The number of carbonyl (C=O) groups excluding carboxylic acids is 1. The minimum atomic E-state index is -0.500. The molecule has 0 aliphatic carbocycles. The summed E-state index contributed by atoms with van der Waals surface area (Å²) < 4.78 is 13.1. The first-order chi connectivity index (χ1) is 8.50. The highest BCUT2D eigenvalue weighted by molar-refractivity contribution is 6.31. The Labute approximate surface area is 108 Å².